The van der Waals surface area contributed by atoms with Crippen molar-refractivity contribution in [3.63, 3.8) is 0 Å². The van der Waals surface area contributed by atoms with E-state index in [1.165, 1.54) is 17.5 Å². The molecule has 0 amide bonds. The van der Waals surface area contributed by atoms with Crippen LogP contribution in [0.25, 0.3) is 0 Å². The van der Waals surface area contributed by atoms with Crippen molar-refractivity contribution < 1.29 is 5.11 Å². The number of hydrogen-bond acceptors (Lipinski definition) is 6. The van der Waals surface area contributed by atoms with Crippen molar-refractivity contribution in [1.82, 2.24) is 19.8 Å². The first kappa shape index (κ1) is 20.5. The quantitative estimate of drug-likeness (QED) is 0.510. The number of benzene rings is 1. The van der Waals surface area contributed by atoms with Gasteiger partial charge in [0.05, 0.1) is 12.3 Å². The lowest BCUT2D eigenvalue weighted by Crippen LogP contribution is -2.34. The molecule has 2 aliphatic rings. The van der Waals surface area contributed by atoms with Crippen molar-refractivity contribution in [3.05, 3.63) is 52.4 Å². The topological polar surface area (TPSA) is 64.5 Å². The van der Waals surface area contributed by atoms with Crippen LogP contribution in [0.4, 0.5) is 5.82 Å². The Labute approximate surface area is 177 Å². The summed E-state index contributed by atoms with van der Waals surface area (Å²) >= 11 is 6.19. The molecule has 0 radical (unpaired) electrons. The summed E-state index contributed by atoms with van der Waals surface area (Å²) in [4.78, 5) is 13.8. The molecule has 7 heteroatoms. The molecule has 1 fully saturated rings. The average Bonchev–Trinajstić information content (AvgIpc) is 3.19. The summed E-state index contributed by atoms with van der Waals surface area (Å²) in [6, 6.07) is 10.9. The second-order valence-electron chi connectivity index (χ2n) is 8.01. The summed E-state index contributed by atoms with van der Waals surface area (Å²) in [5.41, 5.74) is 3.56. The number of fused-ring (bicyclic) bond motifs is 1. The Morgan fingerprint density at radius 3 is 2.86 bits per heavy atom. The lowest BCUT2D eigenvalue weighted by Gasteiger charge is -2.29. The van der Waals surface area contributed by atoms with Gasteiger partial charge in [0.2, 0.25) is 5.28 Å². The van der Waals surface area contributed by atoms with Crippen LogP contribution in [-0.4, -0.2) is 63.7 Å². The number of likely N-dealkylation sites (tertiary alicyclic amines) is 1. The van der Waals surface area contributed by atoms with Crippen LogP contribution < -0.4 is 5.32 Å². The van der Waals surface area contributed by atoms with Crippen molar-refractivity contribution in [2.24, 2.45) is 0 Å². The van der Waals surface area contributed by atoms with E-state index in [2.05, 4.69) is 55.4 Å². The van der Waals surface area contributed by atoms with Crippen molar-refractivity contribution in [3.8, 4) is 0 Å². The molecule has 1 saturated heterocycles. The minimum atomic E-state index is 0.264. The highest BCUT2D eigenvalue weighted by atomic mass is 35.5. The molecule has 1 aromatic heterocycles. The number of hydrogen-bond donors (Lipinski definition) is 2. The summed E-state index contributed by atoms with van der Waals surface area (Å²) in [6.07, 6.45) is 4.20. The molecule has 0 bridgehead atoms. The summed E-state index contributed by atoms with van der Waals surface area (Å²) < 4.78 is 0. The maximum Gasteiger partial charge on any atom is 0.224 e. The van der Waals surface area contributed by atoms with Crippen LogP contribution in [0.2, 0.25) is 5.28 Å². The minimum Gasteiger partial charge on any atom is -0.395 e. The smallest absolute Gasteiger partial charge is 0.224 e. The fourth-order valence-corrected chi connectivity index (χ4v) is 4.63. The molecule has 6 nitrogen and oxygen atoms in total. The van der Waals surface area contributed by atoms with E-state index in [1.807, 2.05) is 0 Å². The summed E-state index contributed by atoms with van der Waals surface area (Å²) in [5, 5.41) is 13.3. The maximum absolute atomic E-state index is 9.47. The maximum atomic E-state index is 9.47. The van der Waals surface area contributed by atoms with Crippen LogP contribution in [0.3, 0.4) is 0 Å². The number of aliphatic hydroxyl groups excluding tert-OH is 1. The predicted molar refractivity (Wildman–Crippen MR) is 116 cm³/mol. The number of rotatable bonds is 8. The third-order valence-corrected chi connectivity index (χ3v) is 6.15. The van der Waals surface area contributed by atoms with Crippen LogP contribution >= 0.6 is 11.6 Å². The van der Waals surface area contributed by atoms with E-state index in [1.54, 1.807) is 0 Å². The zero-order chi connectivity index (χ0) is 20.1. The number of aliphatic hydroxyl groups is 1. The number of aromatic nitrogens is 2. The Morgan fingerprint density at radius 2 is 2.03 bits per heavy atom. The zero-order valence-corrected chi connectivity index (χ0v) is 17.6. The molecule has 2 N–H and O–H groups in total. The molecule has 156 valence electrons. The van der Waals surface area contributed by atoms with Crippen molar-refractivity contribution in [2.75, 3.05) is 38.1 Å². The molecule has 4 rings (SSSR count). The lowest BCUT2D eigenvalue weighted by atomic mass is 10.1. The van der Waals surface area contributed by atoms with Gasteiger partial charge in [-0.3, -0.25) is 9.80 Å². The fourth-order valence-electron chi connectivity index (χ4n) is 4.45. The standard InChI is InChI=1S/C22H30ClN5O/c23-22-25-20-9-13-27(14-17-6-2-1-3-7-17)15-19(20)21(26-22)24-10-5-12-28-11-4-8-18(28)16-29/h1-3,6-7,18,29H,4-5,8-16H2,(H,24,25,26)/t18-/m1/s1. The number of halogens is 1. The van der Waals surface area contributed by atoms with E-state index in [0.29, 0.717) is 11.3 Å². The Hall–Kier alpha value is -1.73. The molecular weight excluding hydrogens is 386 g/mol. The third-order valence-electron chi connectivity index (χ3n) is 5.99. The van der Waals surface area contributed by atoms with Crippen molar-refractivity contribution >= 4 is 17.4 Å². The van der Waals surface area contributed by atoms with Crippen LogP contribution in [0.5, 0.6) is 0 Å². The third kappa shape index (κ3) is 5.25. The predicted octanol–water partition coefficient (Wildman–Crippen LogP) is 2.95. The van der Waals surface area contributed by atoms with Crippen LogP contribution in [-0.2, 0) is 19.5 Å². The highest BCUT2D eigenvalue weighted by Gasteiger charge is 2.24. The number of nitrogens with zero attached hydrogens (tertiary/aromatic N) is 4. The molecule has 1 atom stereocenters. The number of nitrogens with one attached hydrogen (secondary N) is 1. The first-order valence-corrected chi connectivity index (χ1v) is 11.0. The molecule has 0 unspecified atom stereocenters. The summed E-state index contributed by atoms with van der Waals surface area (Å²) in [5.74, 6) is 0.873. The highest BCUT2D eigenvalue weighted by Crippen LogP contribution is 2.26. The average molecular weight is 416 g/mol. The van der Waals surface area contributed by atoms with E-state index < -0.39 is 0 Å². The van der Waals surface area contributed by atoms with E-state index in [4.69, 9.17) is 11.6 Å². The fraction of sp³-hybridized carbons (Fsp3) is 0.545. The van der Waals surface area contributed by atoms with Gasteiger partial charge in [0.1, 0.15) is 5.82 Å². The van der Waals surface area contributed by atoms with Gasteiger partial charge in [0.25, 0.3) is 0 Å². The monoisotopic (exact) mass is 415 g/mol. The second kappa shape index (κ2) is 9.85. The van der Waals surface area contributed by atoms with Gasteiger partial charge < -0.3 is 10.4 Å². The highest BCUT2D eigenvalue weighted by molar-refractivity contribution is 6.28. The summed E-state index contributed by atoms with van der Waals surface area (Å²) in [7, 11) is 0. The Kier molecular flexibility index (Phi) is 6.98. The molecule has 0 aliphatic carbocycles. The molecule has 0 saturated carbocycles. The Balaban J connectivity index is 1.36. The SMILES string of the molecule is OC[C@H]1CCCN1CCCNc1nc(Cl)nc2c1CN(Cc1ccccc1)CC2. The van der Waals surface area contributed by atoms with Gasteiger partial charge in [-0.05, 0) is 43.0 Å². The minimum absolute atomic E-state index is 0.264. The van der Waals surface area contributed by atoms with E-state index >= 15 is 0 Å². The molecule has 2 aromatic rings. The zero-order valence-electron chi connectivity index (χ0n) is 16.9. The second-order valence-corrected chi connectivity index (χ2v) is 8.35. The van der Waals surface area contributed by atoms with Gasteiger partial charge in [-0.15, -0.1) is 0 Å². The largest absolute Gasteiger partial charge is 0.395 e. The van der Waals surface area contributed by atoms with Gasteiger partial charge in [-0.1, -0.05) is 30.3 Å². The van der Waals surface area contributed by atoms with Crippen LogP contribution in [0.15, 0.2) is 30.3 Å². The van der Waals surface area contributed by atoms with Gasteiger partial charge in [-0.25, -0.2) is 9.97 Å². The molecular formula is C22H30ClN5O. The number of anilines is 1. The molecule has 2 aliphatic heterocycles. The van der Waals surface area contributed by atoms with E-state index in [-0.39, 0.29) is 6.61 Å². The molecule has 29 heavy (non-hydrogen) atoms. The normalized spacial score (nSPS) is 20.0. The molecule has 0 spiro atoms. The van der Waals surface area contributed by atoms with E-state index in [9.17, 15) is 5.11 Å². The van der Waals surface area contributed by atoms with Crippen molar-refractivity contribution in [2.45, 2.75) is 44.8 Å². The Bertz CT molecular complexity index is 803. The lowest BCUT2D eigenvalue weighted by molar-refractivity contribution is 0.158. The molecule has 3 heterocycles. The van der Waals surface area contributed by atoms with Gasteiger partial charge in [-0.2, -0.15) is 0 Å². The van der Waals surface area contributed by atoms with Crippen LogP contribution in [0.1, 0.15) is 36.1 Å². The van der Waals surface area contributed by atoms with Gasteiger partial charge >= 0.3 is 0 Å². The van der Waals surface area contributed by atoms with Gasteiger partial charge in [0.15, 0.2) is 0 Å². The van der Waals surface area contributed by atoms with Gasteiger partial charge in [0, 0.05) is 50.7 Å². The summed E-state index contributed by atoms with van der Waals surface area (Å²) in [6.45, 7) is 5.94. The van der Waals surface area contributed by atoms with Crippen molar-refractivity contribution in [1.29, 1.82) is 0 Å². The Morgan fingerprint density at radius 1 is 1.17 bits per heavy atom. The van der Waals surface area contributed by atoms with Crippen LogP contribution in [0, 0.1) is 0 Å². The molecule has 1 aromatic carbocycles. The van der Waals surface area contributed by atoms with E-state index in [0.717, 1.165) is 70.0 Å². The first-order valence-electron chi connectivity index (χ1n) is 10.6. The first-order chi connectivity index (χ1) is 14.2.